The fraction of sp³-hybridized carbons (Fsp3) is 0.308. The minimum atomic E-state index is 0.689. The van der Waals surface area contributed by atoms with Crippen LogP contribution >= 0.6 is 0 Å². The molecule has 0 radical (unpaired) electrons. The monoisotopic (exact) mass is 215 g/mol. The van der Waals surface area contributed by atoms with Gasteiger partial charge >= 0.3 is 0 Å². The van der Waals surface area contributed by atoms with Gasteiger partial charge in [-0.05, 0) is 30.5 Å². The molecule has 1 aromatic heterocycles. The number of nitrogens with two attached hydrogens (primary N) is 1. The van der Waals surface area contributed by atoms with Crippen LogP contribution in [0.2, 0.25) is 0 Å². The third-order valence-corrected chi connectivity index (χ3v) is 2.94. The fourth-order valence-corrected chi connectivity index (χ4v) is 1.83. The van der Waals surface area contributed by atoms with Crippen molar-refractivity contribution in [2.24, 2.45) is 7.05 Å². The Bertz CT molecular complexity index is 492. The van der Waals surface area contributed by atoms with E-state index in [1.807, 2.05) is 13.1 Å². The first-order valence-electron chi connectivity index (χ1n) is 5.51. The van der Waals surface area contributed by atoms with E-state index in [0.29, 0.717) is 5.82 Å². The molecule has 1 heterocycles. The van der Waals surface area contributed by atoms with E-state index in [-0.39, 0.29) is 0 Å². The number of nitrogens with zero attached hydrogens (tertiary/aromatic N) is 2. The van der Waals surface area contributed by atoms with Crippen molar-refractivity contribution in [3.63, 3.8) is 0 Å². The zero-order chi connectivity index (χ0) is 11.7. The topological polar surface area (TPSA) is 43.8 Å². The van der Waals surface area contributed by atoms with Crippen LogP contribution in [0.1, 0.15) is 18.1 Å². The maximum Gasteiger partial charge on any atom is 0.121 e. The first-order valence-corrected chi connectivity index (χ1v) is 5.51. The molecule has 0 spiro atoms. The van der Waals surface area contributed by atoms with Gasteiger partial charge in [-0.2, -0.15) is 5.10 Å². The highest BCUT2D eigenvalue weighted by Gasteiger charge is 2.06. The number of hydrogen-bond donors (Lipinski definition) is 1. The lowest BCUT2D eigenvalue weighted by Gasteiger charge is -2.04. The Labute approximate surface area is 95.9 Å². The van der Waals surface area contributed by atoms with Gasteiger partial charge in [0.25, 0.3) is 0 Å². The molecule has 2 rings (SSSR count). The second kappa shape index (κ2) is 4.00. The fourth-order valence-electron chi connectivity index (χ4n) is 1.83. The quantitative estimate of drug-likeness (QED) is 0.836. The molecule has 0 amide bonds. The van der Waals surface area contributed by atoms with Gasteiger partial charge in [-0.15, -0.1) is 0 Å². The van der Waals surface area contributed by atoms with Crippen LogP contribution in [-0.4, -0.2) is 9.78 Å². The number of benzene rings is 1. The number of anilines is 1. The van der Waals surface area contributed by atoms with Crippen LogP contribution in [0.15, 0.2) is 24.3 Å². The molecule has 0 aliphatic rings. The molecule has 0 atom stereocenters. The molecule has 0 saturated heterocycles. The van der Waals surface area contributed by atoms with Crippen LogP contribution in [0.25, 0.3) is 11.3 Å². The molecule has 3 heteroatoms. The molecule has 16 heavy (non-hydrogen) atoms. The molecular weight excluding hydrogens is 198 g/mol. The van der Waals surface area contributed by atoms with Crippen LogP contribution in [0.3, 0.4) is 0 Å². The van der Waals surface area contributed by atoms with Crippen LogP contribution in [0, 0.1) is 6.92 Å². The summed E-state index contributed by atoms with van der Waals surface area (Å²) in [6.45, 7) is 4.30. The summed E-state index contributed by atoms with van der Waals surface area (Å²) in [4.78, 5) is 0. The number of rotatable bonds is 2. The largest absolute Gasteiger partial charge is 0.384 e. The van der Waals surface area contributed by atoms with Gasteiger partial charge in [-0.1, -0.05) is 19.1 Å². The van der Waals surface area contributed by atoms with Crippen molar-refractivity contribution in [2.75, 3.05) is 5.73 Å². The predicted octanol–water partition coefficient (Wildman–Crippen LogP) is 2.54. The lowest BCUT2D eigenvalue weighted by molar-refractivity contribution is 0.782. The van der Waals surface area contributed by atoms with Crippen molar-refractivity contribution >= 4 is 5.82 Å². The Morgan fingerprint density at radius 1 is 1.31 bits per heavy atom. The summed E-state index contributed by atoms with van der Waals surface area (Å²) in [5, 5.41) is 4.38. The molecule has 2 aromatic rings. The summed E-state index contributed by atoms with van der Waals surface area (Å²) in [7, 11) is 1.85. The van der Waals surface area contributed by atoms with Gasteiger partial charge in [0.1, 0.15) is 5.82 Å². The highest BCUT2D eigenvalue weighted by Crippen LogP contribution is 2.22. The summed E-state index contributed by atoms with van der Waals surface area (Å²) in [5.41, 5.74) is 10.5. The Morgan fingerprint density at radius 3 is 2.62 bits per heavy atom. The van der Waals surface area contributed by atoms with E-state index in [1.165, 1.54) is 11.1 Å². The molecule has 0 fully saturated rings. The van der Waals surface area contributed by atoms with E-state index < -0.39 is 0 Å². The molecule has 1 aromatic carbocycles. The Hall–Kier alpha value is -1.77. The van der Waals surface area contributed by atoms with Crippen molar-refractivity contribution < 1.29 is 0 Å². The zero-order valence-corrected chi connectivity index (χ0v) is 9.99. The molecule has 0 saturated carbocycles. The minimum absolute atomic E-state index is 0.689. The zero-order valence-electron chi connectivity index (χ0n) is 9.99. The summed E-state index contributed by atoms with van der Waals surface area (Å²) in [6.07, 6.45) is 1.04. The van der Waals surface area contributed by atoms with Gasteiger partial charge in [0, 0.05) is 18.7 Å². The second-order valence-electron chi connectivity index (χ2n) is 4.07. The van der Waals surface area contributed by atoms with Crippen molar-refractivity contribution in [1.82, 2.24) is 9.78 Å². The number of hydrogen-bond acceptors (Lipinski definition) is 2. The first kappa shape index (κ1) is 10.7. The van der Waals surface area contributed by atoms with E-state index in [4.69, 9.17) is 5.73 Å². The maximum absolute atomic E-state index is 5.78. The summed E-state index contributed by atoms with van der Waals surface area (Å²) in [6, 6.07) is 8.33. The van der Waals surface area contributed by atoms with Crippen LogP contribution < -0.4 is 5.73 Å². The summed E-state index contributed by atoms with van der Waals surface area (Å²) >= 11 is 0. The van der Waals surface area contributed by atoms with Crippen molar-refractivity contribution in [1.29, 1.82) is 0 Å². The standard InChI is InChI=1S/C13H17N3/c1-4-10-7-11(6-5-9(10)2)12-8-13(14)16(3)15-12/h5-8H,4,14H2,1-3H3. The van der Waals surface area contributed by atoms with Gasteiger partial charge < -0.3 is 5.73 Å². The second-order valence-corrected chi connectivity index (χ2v) is 4.07. The average molecular weight is 215 g/mol. The van der Waals surface area contributed by atoms with Gasteiger partial charge in [-0.25, -0.2) is 0 Å². The number of aromatic nitrogens is 2. The Morgan fingerprint density at radius 2 is 2.06 bits per heavy atom. The van der Waals surface area contributed by atoms with Gasteiger partial charge in [0.2, 0.25) is 0 Å². The third kappa shape index (κ3) is 1.81. The molecule has 0 aliphatic carbocycles. The lowest BCUT2D eigenvalue weighted by Crippen LogP contribution is -1.96. The molecular formula is C13H17N3. The molecule has 0 bridgehead atoms. The van der Waals surface area contributed by atoms with Crippen molar-refractivity contribution in [2.45, 2.75) is 20.3 Å². The van der Waals surface area contributed by atoms with Gasteiger partial charge in [0.05, 0.1) is 5.69 Å². The molecule has 3 nitrogen and oxygen atoms in total. The number of aryl methyl sites for hydroxylation is 3. The Kier molecular flexibility index (Phi) is 2.69. The molecule has 0 aliphatic heterocycles. The summed E-state index contributed by atoms with van der Waals surface area (Å²) < 4.78 is 1.70. The lowest BCUT2D eigenvalue weighted by atomic mass is 10.0. The third-order valence-electron chi connectivity index (χ3n) is 2.94. The van der Waals surface area contributed by atoms with E-state index >= 15 is 0 Å². The highest BCUT2D eigenvalue weighted by molar-refractivity contribution is 5.63. The molecule has 0 unspecified atom stereocenters. The normalized spacial score (nSPS) is 10.7. The summed E-state index contributed by atoms with van der Waals surface area (Å²) in [5.74, 6) is 0.689. The highest BCUT2D eigenvalue weighted by atomic mass is 15.3. The van der Waals surface area contributed by atoms with Gasteiger partial charge in [0.15, 0.2) is 0 Å². The van der Waals surface area contributed by atoms with Crippen LogP contribution in [0.4, 0.5) is 5.82 Å². The van der Waals surface area contributed by atoms with Crippen molar-refractivity contribution in [3.8, 4) is 11.3 Å². The van der Waals surface area contributed by atoms with Crippen LogP contribution in [0.5, 0.6) is 0 Å². The maximum atomic E-state index is 5.78. The molecule has 2 N–H and O–H groups in total. The predicted molar refractivity (Wildman–Crippen MR) is 67.2 cm³/mol. The smallest absolute Gasteiger partial charge is 0.121 e. The van der Waals surface area contributed by atoms with Crippen molar-refractivity contribution in [3.05, 3.63) is 35.4 Å². The van der Waals surface area contributed by atoms with E-state index in [1.54, 1.807) is 4.68 Å². The Balaban J connectivity index is 2.48. The molecule has 84 valence electrons. The van der Waals surface area contributed by atoms with Crippen LogP contribution in [-0.2, 0) is 13.5 Å². The first-order chi connectivity index (χ1) is 7.61. The number of nitrogen functional groups attached to an aromatic ring is 1. The van der Waals surface area contributed by atoms with E-state index in [0.717, 1.165) is 17.7 Å². The van der Waals surface area contributed by atoms with Gasteiger partial charge in [-0.3, -0.25) is 4.68 Å². The van der Waals surface area contributed by atoms with E-state index in [2.05, 4.69) is 37.1 Å². The minimum Gasteiger partial charge on any atom is -0.384 e. The average Bonchev–Trinajstić information content (AvgIpc) is 2.60. The van der Waals surface area contributed by atoms with E-state index in [9.17, 15) is 0 Å². The SMILES string of the molecule is CCc1cc(-c2cc(N)n(C)n2)ccc1C.